The number of fused-ring (bicyclic) bond motifs is 1. The van der Waals surface area contributed by atoms with Crippen molar-refractivity contribution >= 4 is 46.8 Å². The molecular formula is C21H20ClFN2O5S. The molecule has 7 nitrogen and oxygen atoms in total. The summed E-state index contributed by atoms with van der Waals surface area (Å²) in [6.07, 6.45) is -0.181. The Labute approximate surface area is 187 Å². The molecule has 0 saturated carbocycles. The molecule has 1 aliphatic heterocycles. The van der Waals surface area contributed by atoms with Crippen molar-refractivity contribution in [2.75, 3.05) is 26.1 Å². The summed E-state index contributed by atoms with van der Waals surface area (Å²) >= 11 is 7.16. The van der Waals surface area contributed by atoms with Crippen molar-refractivity contribution in [3.05, 3.63) is 52.8 Å². The summed E-state index contributed by atoms with van der Waals surface area (Å²) < 4.78 is 23.7. The average molecular weight is 467 g/mol. The van der Waals surface area contributed by atoms with E-state index in [4.69, 9.17) is 21.1 Å². The van der Waals surface area contributed by atoms with Gasteiger partial charge in [-0.25, -0.2) is 4.39 Å². The SMILES string of the molecule is COc1ccc(CN(C)C(=O)COC(=O)CC2Sc3ccc(Cl)cc3NC2=O)cc1F. The van der Waals surface area contributed by atoms with E-state index in [1.54, 1.807) is 24.3 Å². The second kappa shape index (κ2) is 10.0. The fourth-order valence-corrected chi connectivity index (χ4v) is 4.14. The number of anilines is 1. The molecule has 0 bridgehead atoms. The van der Waals surface area contributed by atoms with Crippen LogP contribution in [0.2, 0.25) is 5.02 Å². The number of esters is 1. The summed E-state index contributed by atoms with van der Waals surface area (Å²) in [5.41, 5.74) is 1.16. The van der Waals surface area contributed by atoms with Crippen LogP contribution in [0.1, 0.15) is 12.0 Å². The maximum Gasteiger partial charge on any atom is 0.307 e. The summed E-state index contributed by atoms with van der Waals surface area (Å²) in [5.74, 6) is -1.87. The topological polar surface area (TPSA) is 84.9 Å². The minimum absolute atomic E-state index is 0.113. The number of carbonyl (C=O) groups is 3. The lowest BCUT2D eigenvalue weighted by atomic mass is 10.2. The Balaban J connectivity index is 1.48. The van der Waals surface area contributed by atoms with Gasteiger partial charge in [0.15, 0.2) is 18.2 Å². The van der Waals surface area contributed by atoms with Crippen LogP contribution in [0.4, 0.5) is 10.1 Å². The monoisotopic (exact) mass is 466 g/mol. The molecule has 31 heavy (non-hydrogen) atoms. The fourth-order valence-electron chi connectivity index (χ4n) is 2.89. The molecule has 2 aromatic rings. The van der Waals surface area contributed by atoms with E-state index in [1.807, 2.05) is 0 Å². The Kier molecular flexibility index (Phi) is 7.40. The van der Waals surface area contributed by atoms with Gasteiger partial charge >= 0.3 is 5.97 Å². The highest BCUT2D eigenvalue weighted by atomic mass is 35.5. The summed E-state index contributed by atoms with van der Waals surface area (Å²) in [6, 6.07) is 9.49. The van der Waals surface area contributed by atoms with E-state index >= 15 is 0 Å². The van der Waals surface area contributed by atoms with E-state index in [2.05, 4.69) is 5.32 Å². The number of nitrogens with one attached hydrogen (secondary N) is 1. The molecule has 0 aliphatic carbocycles. The minimum atomic E-state index is -0.670. The number of benzene rings is 2. The summed E-state index contributed by atoms with van der Waals surface area (Å²) in [5, 5.41) is 2.54. The van der Waals surface area contributed by atoms with Crippen LogP contribution in [0.3, 0.4) is 0 Å². The van der Waals surface area contributed by atoms with Crippen molar-refractivity contribution in [3.8, 4) is 5.75 Å². The number of amides is 2. The quantitative estimate of drug-likeness (QED) is 0.629. The molecule has 0 spiro atoms. The van der Waals surface area contributed by atoms with Gasteiger partial charge in [-0.15, -0.1) is 11.8 Å². The Bertz CT molecular complexity index is 1020. The number of ether oxygens (including phenoxy) is 2. The molecule has 0 aromatic heterocycles. The second-order valence-corrected chi connectivity index (χ2v) is 8.50. The van der Waals surface area contributed by atoms with Crippen molar-refractivity contribution in [1.82, 2.24) is 4.90 Å². The van der Waals surface area contributed by atoms with Crippen LogP contribution in [0, 0.1) is 5.82 Å². The third-order valence-electron chi connectivity index (χ3n) is 4.53. The zero-order valence-electron chi connectivity index (χ0n) is 16.8. The zero-order chi connectivity index (χ0) is 22.5. The molecule has 0 radical (unpaired) electrons. The molecule has 2 aromatic carbocycles. The number of hydrogen-bond acceptors (Lipinski definition) is 6. The average Bonchev–Trinajstić information content (AvgIpc) is 2.72. The lowest BCUT2D eigenvalue weighted by Gasteiger charge is -2.23. The van der Waals surface area contributed by atoms with E-state index in [-0.39, 0.29) is 24.6 Å². The van der Waals surface area contributed by atoms with Gasteiger partial charge in [0, 0.05) is 23.5 Å². The van der Waals surface area contributed by atoms with E-state index in [9.17, 15) is 18.8 Å². The van der Waals surface area contributed by atoms with E-state index in [0.29, 0.717) is 16.3 Å². The Morgan fingerprint density at radius 2 is 2.03 bits per heavy atom. The largest absolute Gasteiger partial charge is 0.494 e. The predicted octanol–water partition coefficient (Wildman–Crippen LogP) is 3.49. The molecule has 1 N–H and O–H groups in total. The van der Waals surface area contributed by atoms with Gasteiger partial charge < -0.3 is 19.7 Å². The lowest BCUT2D eigenvalue weighted by Crippen LogP contribution is -2.33. The fraction of sp³-hybridized carbons (Fsp3) is 0.286. The van der Waals surface area contributed by atoms with Crippen LogP contribution in [0.5, 0.6) is 5.75 Å². The predicted molar refractivity (Wildman–Crippen MR) is 115 cm³/mol. The van der Waals surface area contributed by atoms with Gasteiger partial charge in [-0.3, -0.25) is 14.4 Å². The number of likely N-dealkylation sites (N-methyl/N-ethyl adjacent to an activating group) is 1. The highest BCUT2D eigenvalue weighted by molar-refractivity contribution is 8.01. The smallest absolute Gasteiger partial charge is 0.307 e. The molecule has 2 amide bonds. The Hall–Kier alpha value is -2.78. The molecule has 0 fully saturated rings. The Morgan fingerprint density at radius 3 is 2.74 bits per heavy atom. The van der Waals surface area contributed by atoms with Gasteiger partial charge in [0.05, 0.1) is 24.5 Å². The third kappa shape index (κ3) is 5.89. The van der Waals surface area contributed by atoms with Gasteiger partial charge in [-0.1, -0.05) is 17.7 Å². The number of hydrogen-bond donors (Lipinski definition) is 1. The highest BCUT2D eigenvalue weighted by Gasteiger charge is 2.30. The Morgan fingerprint density at radius 1 is 1.26 bits per heavy atom. The van der Waals surface area contributed by atoms with Gasteiger partial charge in [0.1, 0.15) is 0 Å². The lowest BCUT2D eigenvalue weighted by molar-refractivity contribution is -0.152. The van der Waals surface area contributed by atoms with Crippen LogP contribution in [-0.2, 0) is 25.7 Å². The molecule has 1 atom stereocenters. The van der Waals surface area contributed by atoms with Crippen molar-refractivity contribution in [3.63, 3.8) is 0 Å². The molecule has 10 heteroatoms. The third-order valence-corrected chi connectivity index (χ3v) is 6.04. The van der Waals surface area contributed by atoms with E-state index < -0.39 is 29.6 Å². The molecule has 1 unspecified atom stereocenters. The van der Waals surface area contributed by atoms with Crippen LogP contribution in [0.25, 0.3) is 0 Å². The van der Waals surface area contributed by atoms with Crippen molar-refractivity contribution in [2.45, 2.75) is 23.1 Å². The van der Waals surface area contributed by atoms with Gasteiger partial charge in [-0.2, -0.15) is 0 Å². The van der Waals surface area contributed by atoms with Crippen molar-refractivity contribution in [1.29, 1.82) is 0 Å². The highest BCUT2D eigenvalue weighted by Crippen LogP contribution is 2.38. The maximum absolute atomic E-state index is 13.8. The first-order valence-electron chi connectivity index (χ1n) is 9.26. The molecular weight excluding hydrogens is 447 g/mol. The number of carbonyl (C=O) groups excluding carboxylic acids is 3. The molecule has 0 saturated heterocycles. The minimum Gasteiger partial charge on any atom is -0.494 e. The summed E-state index contributed by atoms with van der Waals surface area (Å²) in [6.45, 7) is -0.337. The van der Waals surface area contributed by atoms with Crippen molar-refractivity contribution < 1.29 is 28.2 Å². The van der Waals surface area contributed by atoms with E-state index in [0.717, 1.165) is 4.90 Å². The second-order valence-electron chi connectivity index (χ2n) is 6.82. The normalized spacial score (nSPS) is 15.0. The number of halogens is 2. The number of rotatable bonds is 7. The zero-order valence-corrected chi connectivity index (χ0v) is 18.4. The van der Waals surface area contributed by atoms with E-state index in [1.165, 1.54) is 43.0 Å². The van der Waals surface area contributed by atoms with Crippen LogP contribution < -0.4 is 10.1 Å². The standard InChI is InChI=1S/C21H20ClFN2O5S/c1-25(10-12-3-5-16(29-2)14(23)7-12)19(26)11-30-20(27)9-18-21(28)24-15-8-13(22)4-6-17(15)31-18/h3-8,18H,9-11H2,1-2H3,(H,24,28). The summed E-state index contributed by atoms with van der Waals surface area (Å²) in [4.78, 5) is 38.7. The molecule has 1 heterocycles. The van der Waals surface area contributed by atoms with Gasteiger partial charge in [0.2, 0.25) is 5.91 Å². The molecule has 1 aliphatic rings. The summed E-state index contributed by atoms with van der Waals surface area (Å²) in [7, 11) is 2.89. The first kappa shape index (κ1) is 22.9. The van der Waals surface area contributed by atoms with Crippen molar-refractivity contribution in [2.24, 2.45) is 0 Å². The number of methoxy groups -OCH3 is 1. The van der Waals surface area contributed by atoms with Gasteiger partial charge in [-0.05, 0) is 35.9 Å². The first-order valence-corrected chi connectivity index (χ1v) is 10.5. The molecule has 3 rings (SSSR count). The van der Waals surface area contributed by atoms with Crippen LogP contribution in [-0.4, -0.2) is 48.7 Å². The maximum atomic E-state index is 13.8. The molecule has 164 valence electrons. The van der Waals surface area contributed by atoms with Gasteiger partial charge in [0.25, 0.3) is 5.91 Å². The number of nitrogens with zero attached hydrogens (tertiary/aromatic N) is 1. The van der Waals surface area contributed by atoms with Crippen LogP contribution >= 0.6 is 23.4 Å². The van der Waals surface area contributed by atoms with Crippen LogP contribution in [0.15, 0.2) is 41.3 Å². The first-order chi connectivity index (χ1) is 14.8. The number of thioether (sulfide) groups is 1.